The molecule has 9 nitrogen and oxygen atoms in total. The van der Waals surface area contributed by atoms with E-state index in [0.29, 0.717) is 0 Å². The molecule has 0 spiro atoms. The van der Waals surface area contributed by atoms with E-state index in [-0.39, 0.29) is 17.0 Å². The fraction of sp³-hybridized carbons (Fsp3) is 0.722. The molecule has 0 bridgehead atoms. The van der Waals surface area contributed by atoms with Crippen molar-refractivity contribution in [2.24, 2.45) is 0 Å². The van der Waals surface area contributed by atoms with E-state index in [2.05, 4.69) is 15.0 Å². The van der Waals surface area contributed by atoms with Gasteiger partial charge >= 0.3 is 5.92 Å². The molecule has 3 rings (SSSR count). The first-order valence-corrected chi connectivity index (χ1v) is 12.5. The van der Waals surface area contributed by atoms with Gasteiger partial charge in [0, 0.05) is 0 Å². The number of hydrogen-bond acceptors (Lipinski definition) is 7. The number of hydrogen-bond donors (Lipinski definition) is 3. The quantitative estimate of drug-likeness (QED) is 0.598. The average Bonchev–Trinajstić information content (AvgIpc) is 3.12. The fourth-order valence-electron chi connectivity index (χ4n) is 3.24. The predicted octanol–water partition coefficient (Wildman–Crippen LogP) is 1.71. The van der Waals surface area contributed by atoms with Crippen molar-refractivity contribution in [3.05, 3.63) is 22.5 Å². The number of ether oxygens (including phenoxy) is 1. The number of aliphatic hydroxyl groups excluding tert-OH is 2. The van der Waals surface area contributed by atoms with Crippen molar-refractivity contribution in [3.63, 3.8) is 0 Å². The Kier molecular flexibility index (Phi) is 5.47. The lowest BCUT2D eigenvalue weighted by atomic mass is 9.96. The number of aromatic amines is 1. The summed E-state index contributed by atoms with van der Waals surface area (Å²) in [5.41, 5.74) is -2.82. The molecule has 168 valence electrons. The van der Waals surface area contributed by atoms with Crippen molar-refractivity contribution >= 4 is 19.5 Å². The molecule has 12 heteroatoms. The molecule has 0 amide bonds. The zero-order valence-electron chi connectivity index (χ0n) is 17.9. The monoisotopic (exact) mass is 446 g/mol. The van der Waals surface area contributed by atoms with Crippen molar-refractivity contribution in [1.82, 2.24) is 19.5 Å². The highest BCUT2D eigenvalue weighted by atomic mass is 28.4. The first kappa shape index (κ1) is 22.9. The first-order chi connectivity index (χ1) is 13.7. The summed E-state index contributed by atoms with van der Waals surface area (Å²) < 4.78 is 44.0. The fourth-order valence-corrected chi connectivity index (χ4v) is 4.55. The summed E-state index contributed by atoms with van der Waals surface area (Å²) in [6.07, 6.45) is -2.85. The Morgan fingerprint density at radius 1 is 1.33 bits per heavy atom. The molecule has 1 unspecified atom stereocenters. The summed E-state index contributed by atoms with van der Waals surface area (Å²) in [7, 11) is -2.74. The van der Waals surface area contributed by atoms with Crippen LogP contribution in [0.15, 0.2) is 11.1 Å². The van der Waals surface area contributed by atoms with Gasteiger partial charge in [-0.25, -0.2) is 9.97 Å². The van der Waals surface area contributed by atoms with Crippen LogP contribution in [0.3, 0.4) is 0 Å². The van der Waals surface area contributed by atoms with Crippen molar-refractivity contribution in [2.45, 2.75) is 69.7 Å². The second-order valence-corrected chi connectivity index (χ2v) is 14.0. The van der Waals surface area contributed by atoms with Crippen LogP contribution in [-0.4, -0.2) is 68.9 Å². The highest BCUT2D eigenvalue weighted by Crippen LogP contribution is 2.52. The molecule has 2 aromatic heterocycles. The smallest absolute Gasteiger partial charge is 0.319 e. The third kappa shape index (κ3) is 3.40. The first-order valence-electron chi connectivity index (χ1n) is 9.59. The topological polar surface area (TPSA) is 122 Å². The lowest BCUT2D eigenvalue weighted by molar-refractivity contribution is -0.151. The number of aryl methyl sites for hydroxylation is 1. The van der Waals surface area contributed by atoms with Crippen molar-refractivity contribution in [1.29, 1.82) is 0 Å². The molecule has 1 aliphatic rings. The summed E-state index contributed by atoms with van der Waals surface area (Å²) in [4.78, 5) is 22.6. The normalized spacial score (nSPS) is 23.9. The van der Waals surface area contributed by atoms with Crippen molar-refractivity contribution < 1.29 is 28.2 Å². The van der Waals surface area contributed by atoms with Gasteiger partial charge in [-0.05, 0) is 25.1 Å². The van der Waals surface area contributed by atoms with E-state index >= 15 is 8.78 Å². The molecule has 1 saturated heterocycles. The number of rotatable bonds is 5. The van der Waals surface area contributed by atoms with Crippen LogP contribution >= 0.6 is 0 Å². The summed E-state index contributed by atoms with van der Waals surface area (Å²) >= 11 is 0. The number of imidazole rings is 1. The Morgan fingerprint density at radius 3 is 2.47 bits per heavy atom. The molecule has 0 aromatic carbocycles. The molecule has 0 aliphatic carbocycles. The lowest BCUT2D eigenvalue weighted by Crippen LogP contribution is -2.58. The third-order valence-corrected chi connectivity index (χ3v) is 10.5. The molecule has 3 N–H and O–H groups in total. The molecule has 0 radical (unpaired) electrons. The molecule has 2 atom stereocenters. The largest absolute Gasteiger partial charge is 0.405 e. The second-order valence-electron chi connectivity index (χ2n) is 9.26. The van der Waals surface area contributed by atoms with E-state index in [0.717, 1.165) is 10.9 Å². The van der Waals surface area contributed by atoms with E-state index in [1.54, 1.807) is 13.1 Å². The summed E-state index contributed by atoms with van der Waals surface area (Å²) in [6.45, 7) is 9.04. The maximum absolute atomic E-state index is 15.7. The number of aliphatic hydroxyl groups is 2. The zero-order chi connectivity index (χ0) is 22.7. The van der Waals surface area contributed by atoms with Crippen molar-refractivity contribution in [3.8, 4) is 0 Å². The third-order valence-electron chi connectivity index (χ3n) is 6.06. The maximum atomic E-state index is 15.7. The van der Waals surface area contributed by atoms with Crippen molar-refractivity contribution in [2.75, 3.05) is 13.2 Å². The summed E-state index contributed by atoms with van der Waals surface area (Å²) in [5.74, 6) is -3.44. The van der Waals surface area contributed by atoms with Gasteiger partial charge in [0.25, 0.3) is 5.56 Å². The van der Waals surface area contributed by atoms with E-state index in [1.165, 1.54) is 6.92 Å². The minimum Gasteiger partial charge on any atom is -0.405 e. The van der Waals surface area contributed by atoms with Gasteiger partial charge in [0.05, 0.1) is 19.5 Å². The number of H-pyrrole nitrogens is 1. The Balaban J connectivity index is 2.14. The number of nitrogens with zero attached hydrogens (tertiary/aromatic N) is 3. The van der Waals surface area contributed by atoms with E-state index < -0.39 is 56.0 Å². The Hall–Kier alpha value is -1.73. The molecular weight excluding hydrogens is 418 g/mol. The predicted molar refractivity (Wildman–Crippen MR) is 107 cm³/mol. The number of aromatic nitrogens is 4. The lowest BCUT2D eigenvalue weighted by Gasteiger charge is -2.42. The van der Waals surface area contributed by atoms with Crippen LogP contribution in [0, 0.1) is 6.92 Å². The molecule has 1 aliphatic heterocycles. The highest BCUT2D eigenvalue weighted by Gasteiger charge is 2.69. The van der Waals surface area contributed by atoms with Crippen LogP contribution in [0.4, 0.5) is 8.78 Å². The number of alkyl halides is 2. The van der Waals surface area contributed by atoms with Gasteiger partial charge in [-0.3, -0.25) is 9.36 Å². The standard InChI is InChI=1S/C18H28F2N4O5Si/c1-10-22-12-11(13(27)23-10)21-9-24(12)15-18(19,20)14(17(7-25,8-26)28-15)29-30(5,6)16(2,3)4/h9,14-15,25-26H,7-8H2,1-6H3,(H,22,23,27)/t14?,15-/m1/s1. The van der Waals surface area contributed by atoms with E-state index in [9.17, 15) is 15.0 Å². The van der Waals surface area contributed by atoms with Gasteiger partial charge in [0.1, 0.15) is 17.5 Å². The van der Waals surface area contributed by atoms with Crippen LogP contribution < -0.4 is 5.56 Å². The Bertz CT molecular complexity index is 997. The molecule has 1 fully saturated rings. The molecule has 30 heavy (non-hydrogen) atoms. The number of halogens is 2. The molecular formula is C18H28F2N4O5Si. The highest BCUT2D eigenvalue weighted by molar-refractivity contribution is 6.74. The number of nitrogens with one attached hydrogen (secondary N) is 1. The minimum atomic E-state index is -3.66. The van der Waals surface area contributed by atoms with Crippen LogP contribution in [0.5, 0.6) is 0 Å². The van der Waals surface area contributed by atoms with Gasteiger partial charge in [0.2, 0.25) is 6.23 Å². The SMILES string of the molecule is Cc1nc2c(ncn2[C@@H]2OC(CO)(CO)C(O[Si](C)(C)C(C)(C)C)C2(F)F)c(=O)[nH]1. The zero-order valence-corrected chi connectivity index (χ0v) is 18.9. The second kappa shape index (κ2) is 7.16. The maximum Gasteiger partial charge on any atom is 0.319 e. The van der Waals surface area contributed by atoms with E-state index in [4.69, 9.17) is 9.16 Å². The average molecular weight is 447 g/mol. The molecule has 2 aromatic rings. The van der Waals surface area contributed by atoms with Crippen LogP contribution in [0.2, 0.25) is 18.1 Å². The summed E-state index contributed by atoms with van der Waals surface area (Å²) in [6, 6.07) is 0. The Labute approximate surface area is 173 Å². The van der Waals surface area contributed by atoms with Crippen LogP contribution in [0.1, 0.15) is 32.8 Å². The van der Waals surface area contributed by atoms with Gasteiger partial charge in [-0.1, -0.05) is 20.8 Å². The van der Waals surface area contributed by atoms with Crippen LogP contribution in [-0.2, 0) is 9.16 Å². The van der Waals surface area contributed by atoms with Crippen LogP contribution in [0.25, 0.3) is 11.2 Å². The molecule has 3 heterocycles. The van der Waals surface area contributed by atoms with Gasteiger partial charge < -0.3 is 24.4 Å². The number of fused-ring (bicyclic) bond motifs is 1. The van der Waals surface area contributed by atoms with Gasteiger partial charge in [-0.2, -0.15) is 8.78 Å². The summed E-state index contributed by atoms with van der Waals surface area (Å²) in [5, 5.41) is 19.5. The minimum absolute atomic E-state index is 0.0846. The van der Waals surface area contributed by atoms with Gasteiger partial charge in [-0.15, -0.1) is 0 Å². The Morgan fingerprint density at radius 2 is 1.93 bits per heavy atom. The van der Waals surface area contributed by atoms with E-state index in [1.807, 2.05) is 20.8 Å². The molecule has 0 saturated carbocycles. The van der Waals surface area contributed by atoms with Gasteiger partial charge in [0.15, 0.2) is 19.5 Å².